The number of nitrogens with zero attached hydrogens (tertiary/aromatic N) is 1. The molecule has 0 aromatic carbocycles. The van der Waals surface area contributed by atoms with Gasteiger partial charge in [0.2, 0.25) is 5.91 Å². The zero-order valence-corrected chi connectivity index (χ0v) is 12.9. The molecule has 0 radical (unpaired) electrons. The van der Waals surface area contributed by atoms with Gasteiger partial charge in [-0.25, -0.2) is 0 Å². The molecule has 116 valence electrons. The Labute approximate surface area is 123 Å². The molecule has 0 spiro atoms. The molecule has 4 nitrogen and oxygen atoms in total. The van der Waals surface area contributed by atoms with Crippen molar-refractivity contribution < 1.29 is 4.79 Å². The quantitative estimate of drug-likeness (QED) is 0.807. The van der Waals surface area contributed by atoms with Crippen molar-refractivity contribution in [2.75, 3.05) is 26.2 Å². The number of carbonyl (C=O) groups excluding carboxylic acids is 1. The lowest BCUT2D eigenvalue weighted by molar-refractivity contribution is -0.122. The van der Waals surface area contributed by atoms with Crippen LogP contribution in [0.2, 0.25) is 0 Å². The minimum atomic E-state index is 0.185. The van der Waals surface area contributed by atoms with Gasteiger partial charge in [-0.2, -0.15) is 0 Å². The van der Waals surface area contributed by atoms with Crippen molar-refractivity contribution in [1.29, 1.82) is 0 Å². The van der Waals surface area contributed by atoms with Gasteiger partial charge in [-0.05, 0) is 37.5 Å². The van der Waals surface area contributed by atoms with Crippen LogP contribution in [0.4, 0.5) is 0 Å². The third kappa shape index (κ3) is 5.41. The first-order valence-electron chi connectivity index (χ1n) is 8.38. The molecule has 1 aliphatic carbocycles. The Balaban J connectivity index is 1.56. The second-order valence-electron chi connectivity index (χ2n) is 6.89. The largest absolute Gasteiger partial charge is 0.355 e. The average molecular weight is 281 g/mol. The van der Waals surface area contributed by atoms with Crippen molar-refractivity contribution in [3.63, 3.8) is 0 Å². The van der Waals surface area contributed by atoms with E-state index < -0.39 is 0 Å². The van der Waals surface area contributed by atoms with Gasteiger partial charge in [-0.15, -0.1) is 0 Å². The number of likely N-dealkylation sites (tertiary alicyclic amines) is 1. The van der Waals surface area contributed by atoms with Crippen LogP contribution in [0.3, 0.4) is 0 Å². The summed E-state index contributed by atoms with van der Waals surface area (Å²) in [5.74, 6) is 1.89. The molecule has 2 rings (SSSR count). The van der Waals surface area contributed by atoms with E-state index in [4.69, 9.17) is 5.73 Å². The summed E-state index contributed by atoms with van der Waals surface area (Å²) < 4.78 is 0. The lowest BCUT2D eigenvalue weighted by atomic mass is 9.81. The van der Waals surface area contributed by atoms with E-state index >= 15 is 0 Å². The van der Waals surface area contributed by atoms with E-state index in [1.54, 1.807) is 0 Å². The van der Waals surface area contributed by atoms with E-state index in [0.717, 1.165) is 50.7 Å². The van der Waals surface area contributed by atoms with Crippen LogP contribution in [-0.4, -0.2) is 43.0 Å². The Bertz CT molecular complexity index is 300. The molecule has 1 saturated heterocycles. The third-order valence-corrected chi connectivity index (χ3v) is 4.92. The third-order valence-electron chi connectivity index (χ3n) is 4.92. The number of hydrogen-bond acceptors (Lipinski definition) is 3. The average Bonchev–Trinajstić information content (AvgIpc) is 2.41. The summed E-state index contributed by atoms with van der Waals surface area (Å²) in [7, 11) is 0. The van der Waals surface area contributed by atoms with Gasteiger partial charge in [0.25, 0.3) is 0 Å². The number of hydrogen-bond donors (Lipinski definition) is 2. The lowest BCUT2D eigenvalue weighted by Crippen LogP contribution is -2.44. The maximum absolute atomic E-state index is 11.9. The fraction of sp³-hybridized carbons (Fsp3) is 0.938. The summed E-state index contributed by atoms with van der Waals surface area (Å²) in [5, 5.41) is 3.09. The van der Waals surface area contributed by atoms with E-state index in [1.807, 2.05) is 0 Å². The maximum atomic E-state index is 11.9. The van der Waals surface area contributed by atoms with Crippen LogP contribution in [0.1, 0.15) is 51.9 Å². The fourth-order valence-electron chi connectivity index (χ4n) is 3.61. The fourth-order valence-corrected chi connectivity index (χ4v) is 3.61. The Hall–Kier alpha value is -0.610. The number of carbonyl (C=O) groups is 1. The van der Waals surface area contributed by atoms with Crippen LogP contribution in [0.5, 0.6) is 0 Å². The molecule has 2 fully saturated rings. The molecule has 0 bridgehead atoms. The van der Waals surface area contributed by atoms with Crippen molar-refractivity contribution in [1.82, 2.24) is 10.2 Å². The standard InChI is InChI=1S/C16H31N3O/c1-13-3-2-4-14(11-13)5-8-18-16(20)12-19-9-6-15(17)7-10-19/h13-15H,2-12,17H2,1H3,(H,18,20). The Morgan fingerprint density at radius 3 is 2.70 bits per heavy atom. The highest BCUT2D eigenvalue weighted by Gasteiger charge is 2.20. The van der Waals surface area contributed by atoms with Crippen molar-refractivity contribution in [2.45, 2.75) is 57.9 Å². The lowest BCUT2D eigenvalue weighted by Gasteiger charge is -2.29. The van der Waals surface area contributed by atoms with Gasteiger partial charge in [-0.3, -0.25) is 9.69 Å². The van der Waals surface area contributed by atoms with Crippen molar-refractivity contribution >= 4 is 5.91 Å². The molecular weight excluding hydrogens is 250 g/mol. The smallest absolute Gasteiger partial charge is 0.234 e. The number of amides is 1. The molecule has 4 heteroatoms. The Morgan fingerprint density at radius 1 is 1.25 bits per heavy atom. The minimum Gasteiger partial charge on any atom is -0.355 e. The highest BCUT2D eigenvalue weighted by atomic mass is 16.2. The van der Waals surface area contributed by atoms with E-state index in [0.29, 0.717) is 12.6 Å². The van der Waals surface area contributed by atoms with Gasteiger partial charge in [0.05, 0.1) is 6.54 Å². The molecule has 20 heavy (non-hydrogen) atoms. The summed E-state index contributed by atoms with van der Waals surface area (Å²) in [6.07, 6.45) is 8.65. The maximum Gasteiger partial charge on any atom is 0.234 e. The molecule has 0 aromatic heterocycles. The van der Waals surface area contributed by atoms with Crippen molar-refractivity contribution in [2.24, 2.45) is 17.6 Å². The minimum absolute atomic E-state index is 0.185. The van der Waals surface area contributed by atoms with E-state index in [1.165, 1.54) is 25.7 Å². The second kappa shape index (κ2) is 7.99. The highest BCUT2D eigenvalue weighted by molar-refractivity contribution is 5.77. The predicted octanol–water partition coefficient (Wildman–Crippen LogP) is 1.74. The first-order valence-corrected chi connectivity index (χ1v) is 8.38. The van der Waals surface area contributed by atoms with Crippen LogP contribution < -0.4 is 11.1 Å². The molecule has 1 heterocycles. The zero-order chi connectivity index (χ0) is 14.4. The van der Waals surface area contributed by atoms with Gasteiger partial charge in [0, 0.05) is 25.7 Å². The molecule has 1 amide bonds. The summed E-state index contributed by atoms with van der Waals surface area (Å²) >= 11 is 0. The molecule has 1 saturated carbocycles. The van der Waals surface area contributed by atoms with E-state index in [2.05, 4.69) is 17.1 Å². The summed E-state index contributed by atoms with van der Waals surface area (Å²) in [4.78, 5) is 14.1. The molecule has 3 N–H and O–H groups in total. The molecule has 2 atom stereocenters. The van der Waals surface area contributed by atoms with E-state index in [-0.39, 0.29) is 5.91 Å². The molecular formula is C16H31N3O. The first-order chi connectivity index (χ1) is 9.63. The normalized spacial score (nSPS) is 29.3. The number of rotatable bonds is 5. The molecule has 0 aromatic rings. The summed E-state index contributed by atoms with van der Waals surface area (Å²) in [6, 6.07) is 0.336. The van der Waals surface area contributed by atoms with Gasteiger partial charge in [0.1, 0.15) is 0 Å². The monoisotopic (exact) mass is 281 g/mol. The van der Waals surface area contributed by atoms with Gasteiger partial charge >= 0.3 is 0 Å². The first kappa shape index (κ1) is 15.8. The van der Waals surface area contributed by atoms with Gasteiger partial charge in [-0.1, -0.05) is 26.2 Å². The number of nitrogens with two attached hydrogens (primary N) is 1. The highest BCUT2D eigenvalue weighted by Crippen LogP contribution is 2.30. The predicted molar refractivity (Wildman–Crippen MR) is 82.4 cm³/mol. The van der Waals surface area contributed by atoms with Crippen LogP contribution in [0.25, 0.3) is 0 Å². The van der Waals surface area contributed by atoms with Gasteiger partial charge < -0.3 is 11.1 Å². The second-order valence-corrected chi connectivity index (χ2v) is 6.89. The van der Waals surface area contributed by atoms with Crippen molar-refractivity contribution in [3.05, 3.63) is 0 Å². The van der Waals surface area contributed by atoms with Crippen LogP contribution in [0.15, 0.2) is 0 Å². The topological polar surface area (TPSA) is 58.4 Å². The number of nitrogens with one attached hydrogen (secondary N) is 1. The molecule has 1 aliphatic heterocycles. The SMILES string of the molecule is CC1CCCC(CCNC(=O)CN2CCC(N)CC2)C1. The summed E-state index contributed by atoms with van der Waals surface area (Å²) in [5.41, 5.74) is 5.87. The van der Waals surface area contributed by atoms with Crippen LogP contribution in [-0.2, 0) is 4.79 Å². The van der Waals surface area contributed by atoms with E-state index in [9.17, 15) is 4.79 Å². The Kier molecular flexibility index (Phi) is 6.30. The van der Waals surface area contributed by atoms with Crippen LogP contribution >= 0.6 is 0 Å². The van der Waals surface area contributed by atoms with Crippen molar-refractivity contribution in [3.8, 4) is 0 Å². The van der Waals surface area contributed by atoms with Gasteiger partial charge in [0.15, 0.2) is 0 Å². The van der Waals surface area contributed by atoms with Crippen LogP contribution in [0, 0.1) is 11.8 Å². The summed E-state index contributed by atoms with van der Waals surface area (Å²) in [6.45, 7) is 5.69. The zero-order valence-electron chi connectivity index (χ0n) is 12.9. The molecule has 2 unspecified atom stereocenters. The Morgan fingerprint density at radius 2 is 2.00 bits per heavy atom. The molecule has 2 aliphatic rings. The number of piperidine rings is 1.